The van der Waals surface area contributed by atoms with Gasteiger partial charge in [-0.2, -0.15) is 0 Å². The van der Waals surface area contributed by atoms with Gasteiger partial charge < -0.3 is 4.90 Å². The topological polar surface area (TPSA) is 20.3 Å². The Morgan fingerprint density at radius 2 is 1.78 bits per heavy atom. The highest BCUT2D eigenvalue weighted by Crippen LogP contribution is 2.38. The van der Waals surface area contributed by atoms with Crippen molar-refractivity contribution in [2.75, 3.05) is 12.3 Å². The Balaban J connectivity index is 1.42. The lowest BCUT2D eigenvalue weighted by Gasteiger charge is -2.36. The lowest BCUT2D eigenvalue weighted by Crippen LogP contribution is -2.40. The molecule has 3 aromatic rings. The Morgan fingerprint density at radius 1 is 1.04 bits per heavy atom. The third kappa shape index (κ3) is 4.28. The predicted molar refractivity (Wildman–Crippen MR) is 114 cm³/mol. The van der Waals surface area contributed by atoms with Crippen LogP contribution in [-0.2, 0) is 11.2 Å². The van der Waals surface area contributed by atoms with Gasteiger partial charge in [0, 0.05) is 22.7 Å². The normalized spacial score (nSPS) is 16.1. The number of hydrogen-bond donors (Lipinski definition) is 0. The van der Waals surface area contributed by atoms with Crippen LogP contribution in [-0.4, -0.2) is 23.1 Å². The van der Waals surface area contributed by atoms with E-state index in [0.29, 0.717) is 6.42 Å². The molecule has 2 nitrogen and oxygen atoms in total. The van der Waals surface area contributed by atoms with E-state index in [1.807, 2.05) is 35.2 Å². The number of fused-ring (bicyclic) bond motifs is 1. The van der Waals surface area contributed by atoms with E-state index in [2.05, 4.69) is 64.9 Å². The van der Waals surface area contributed by atoms with E-state index in [-0.39, 0.29) is 11.9 Å². The molecule has 0 N–H and O–H groups in total. The molecule has 0 spiro atoms. The average molecular weight is 394 g/mol. The second-order valence-electron chi connectivity index (χ2n) is 6.71. The molecule has 0 saturated carbocycles. The summed E-state index contributed by atoms with van der Waals surface area (Å²) < 4.78 is 0. The van der Waals surface area contributed by atoms with Crippen LogP contribution in [0.4, 0.5) is 0 Å². The molecule has 1 aliphatic heterocycles. The quantitative estimate of drug-likeness (QED) is 0.390. The van der Waals surface area contributed by atoms with Gasteiger partial charge in [0.1, 0.15) is 0 Å². The van der Waals surface area contributed by atoms with E-state index in [4.69, 9.17) is 0 Å². The highest BCUT2D eigenvalue weighted by molar-refractivity contribution is 7.99. The number of rotatable bonds is 6. The molecule has 27 heavy (non-hydrogen) atoms. The summed E-state index contributed by atoms with van der Waals surface area (Å²) in [5.41, 5.74) is 2.52. The van der Waals surface area contributed by atoms with E-state index < -0.39 is 0 Å². The molecule has 0 saturated heterocycles. The standard InChI is InChI=1S/C23H23NOS2/c25-22(12-7-16-26-19-10-5-2-6-11-19)24-15-13-21-20(14-17-27-21)23(24)18-8-3-1-4-9-18/h1-6,8-11,14,17,23H,7,12-13,15-16H2. The van der Waals surface area contributed by atoms with E-state index in [1.165, 1.54) is 20.9 Å². The van der Waals surface area contributed by atoms with Crippen LogP contribution < -0.4 is 0 Å². The van der Waals surface area contributed by atoms with Gasteiger partial charge in [-0.1, -0.05) is 48.5 Å². The number of carbonyl (C=O) groups is 1. The van der Waals surface area contributed by atoms with Crippen LogP contribution in [0.3, 0.4) is 0 Å². The van der Waals surface area contributed by atoms with Crippen molar-refractivity contribution >= 4 is 29.0 Å². The highest BCUT2D eigenvalue weighted by Gasteiger charge is 2.32. The molecule has 0 aliphatic carbocycles. The summed E-state index contributed by atoms with van der Waals surface area (Å²) in [5.74, 6) is 1.25. The first-order chi connectivity index (χ1) is 13.3. The maximum atomic E-state index is 13.0. The minimum absolute atomic E-state index is 0.0653. The van der Waals surface area contributed by atoms with Crippen LogP contribution in [0.1, 0.15) is 34.9 Å². The fourth-order valence-electron chi connectivity index (χ4n) is 3.65. The highest BCUT2D eigenvalue weighted by atomic mass is 32.2. The van der Waals surface area contributed by atoms with Crippen molar-refractivity contribution in [3.63, 3.8) is 0 Å². The summed E-state index contributed by atoms with van der Waals surface area (Å²) in [4.78, 5) is 17.8. The first-order valence-corrected chi connectivity index (χ1v) is 11.3. The summed E-state index contributed by atoms with van der Waals surface area (Å²) in [6, 6.07) is 23.1. The number of thioether (sulfide) groups is 1. The second-order valence-corrected chi connectivity index (χ2v) is 8.88. The molecule has 1 atom stereocenters. The molecular formula is C23H23NOS2. The molecule has 1 amide bonds. The van der Waals surface area contributed by atoms with Gasteiger partial charge in [0.2, 0.25) is 5.91 Å². The summed E-state index contributed by atoms with van der Waals surface area (Å²) in [6.07, 6.45) is 2.50. The number of benzene rings is 2. The van der Waals surface area contributed by atoms with E-state index >= 15 is 0 Å². The Bertz CT molecular complexity index is 876. The molecule has 2 aromatic carbocycles. The number of hydrogen-bond acceptors (Lipinski definition) is 3. The van der Waals surface area contributed by atoms with Crippen molar-refractivity contribution in [1.82, 2.24) is 4.90 Å². The van der Waals surface area contributed by atoms with Gasteiger partial charge in [-0.3, -0.25) is 4.79 Å². The smallest absolute Gasteiger partial charge is 0.223 e. The van der Waals surface area contributed by atoms with Crippen molar-refractivity contribution in [2.45, 2.75) is 30.2 Å². The van der Waals surface area contributed by atoms with E-state index in [0.717, 1.165) is 25.1 Å². The van der Waals surface area contributed by atoms with Crippen molar-refractivity contribution in [1.29, 1.82) is 0 Å². The minimum Gasteiger partial charge on any atom is -0.331 e. The number of amides is 1. The molecule has 4 heteroatoms. The average Bonchev–Trinajstić information content (AvgIpc) is 3.20. The minimum atomic E-state index is 0.0653. The number of carbonyl (C=O) groups excluding carboxylic acids is 1. The molecule has 0 bridgehead atoms. The number of thiophene rings is 1. The summed E-state index contributed by atoms with van der Waals surface area (Å²) in [7, 11) is 0. The summed E-state index contributed by atoms with van der Waals surface area (Å²) in [5, 5.41) is 2.16. The van der Waals surface area contributed by atoms with Crippen LogP contribution in [0.15, 0.2) is 77.0 Å². The molecule has 1 unspecified atom stereocenters. The molecule has 2 heterocycles. The van der Waals surface area contributed by atoms with E-state index in [9.17, 15) is 4.79 Å². The zero-order chi connectivity index (χ0) is 18.5. The van der Waals surface area contributed by atoms with Crippen LogP contribution in [0.25, 0.3) is 0 Å². The van der Waals surface area contributed by atoms with Gasteiger partial charge in [0.25, 0.3) is 0 Å². The SMILES string of the molecule is O=C(CCCSc1ccccc1)N1CCc2sccc2C1c1ccccc1. The van der Waals surface area contributed by atoms with Crippen LogP contribution in [0, 0.1) is 0 Å². The third-order valence-corrected chi connectivity index (χ3v) is 7.04. The van der Waals surface area contributed by atoms with Gasteiger partial charge >= 0.3 is 0 Å². The van der Waals surface area contributed by atoms with Gasteiger partial charge in [0.05, 0.1) is 6.04 Å². The molecular weight excluding hydrogens is 370 g/mol. The number of nitrogens with zero attached hydrogens (tertiary/aromatic N) is 1. The largest absolute Gasteiger partial charge is 0.331 e. The summed E-state index contributed by atoms with van der Waals surface area (Å²) in [6.45, 7) is 0.817. The van der Waals surface area contributed by atoms with Gasteiger partial charge in [-0.15, -0.1) is 23.1 Å². The lowest BCUT2D eigenvalue weighted by atomic mass is 9.93. The zero-order valence-electron chi connectivity index (χ0n) is 15.2. The first kappa shape index (κ1) is 18.3. The Morgan fingerprint density at radius 3 is 2.56 bits per heavy atom. The molecule has 1 aliphatic rings. The fourth-order valence-corrected chi connectivity index (χ4v) is 5.43. The molecule has 4 rings (SSSR count). The maximum absolute atomic E-state index is 13.0. The fraction of sp³-hybridized carbons (Fsp3) is 0.261. The monoisotopic (exact) mass is 393 g/mol. The van der Waals surface area contributed by atoms with Crippen LogP contribution in [0.5, 0.6) is 0 Å². The van der Waals surface area contributed by atoms with Crippen molar-refractivity contribution < 1.29 is 4.79 Å². The molecule has 1 aromatic heterocycles. The van der Waals surface area contributed by atoms with Gasteiger partial charge in [0.15, 0.2) is 0 Å². The first-order valence-electron chi connectivity index (χ1n) is 9.41. The summed E-state index contributed by atoms with van der Waals surface area (Å²) >= 11 is 3.64. The Kier molecular flexibility index (Phi) is 5.95. The molecule has 0 fully saturated rings. The third-order valence-electron chi connectivity index (χ3n) is 4.95. The van der Waals surface area contributed by atoms with E-state index in [1.54, 1.807) is 0 Å². The van der Waals surface area contributed by atoms with Crippen LogP contribution in [0.2, 0.25) is 0 Å². The Hall–Kier alpha value is -2.04. The Labute approximate surface area is 169 Å². The van der Waals surface area contributed by atoms with Crippen molar-refractivity contribution in [2.24, 2.45) is 0 Å². The van der Waals surface area contributed by atoms with Crippen molar-refractivity contribution in [3.05, 3.63) is 88.1 Å². The van der Waals surface area contributed by atoms with Gasteiger partial charge in [-0.05, 0) is 53.3 Å². The van der Waals surface area contributed by atoms with Crippen molar-refractivity contribution in [3.8, 4) is 0 Å². The zero-order valence-corrected chi connectivity index (χ0v) is 16.8. The lowest BCUT2D eigenvalue weighted by molar-refractivity contribution is -0.133. The maximum Gasteiger partial charge on any atom is 0.223 e. The molecule has 0 radical (unpaired) electrons. The second kappa shape index (κ2) is 8.77. The van der Waals surface area contributed by atoms with Crippen LogP contribution >= 0.6 is 23.1 Å². The molecule has 138 valence electrons. The van der Waals surface area contributed by atoms with Gasteiger partial charge in [-0.25, -0.2) is 0 Å². The predicted octanol–water partition coefficient (Wildman–Crippen LogP) is 5.79.